The lowest BCUT2D eigenvalue weighted by Crippen LogP contribution is -2.53. The Morgan fingerprint density at radius 3 is 2.03 bits per heavy atom. The molecule has 3 rings (SSSR count). The molecule has 39 heavy (non-hydrogen) atoms. The Bertz CT molecular complexity index is 1300. The first-order valence-electron chi connectivity index (χ1n) is 13.1. The fourth-order valence-electron chi connectivity index (χ4n) is 4.18. The minimum Gasteiger partial charge on any atom is -0.457 e. The number of hydrogen-bond donors (Lipinski definition) is 1. The van der Waals surface area contributed by atoms with Gasteiger partial charge in [0.2, 0.25) is 21.8 Å². The van der Waals surface area contributed by atoms with Crippen molar-refractivity contribution >= 4 is 27.5 Å². The number of benzene rings is 3. The molecule has 0 bridgehead atoms. The second kappa shape index (κ2) is 14.3. The molecule has 3 aromatic rings. The highest BCUT2D eigenvalue weighted by molar-refractivity contribution is 7.92. The Morgan fingerprint density at radius 1 is 0.872 bits per heavy atom. The van der Waals surface area contributed by atoms with Crippen molar-refractivity contribution in [2.75, 3.05) is 30.2 Å². The van der Waals surface area contributed by atoms with Crippen LogP contribution in [-0.4, -0.2) is 57.1 Å². The molecule has 0 fully saturated rings. The minimum atomic E-state index is -3.81. The van der Waals surface area contributed by atoms with Crippen LogP contribution in [0.1, 0.15) is 32.3 Å². The number of carbonyl (C=O) groups excluding carboxylic acids is 2. The summed E-state index contributed by atoms with van der Waals surface area (Å²) in [5.41, 5.74) is 1.35. The van der Waals surface area contributed by atoms with Crippen LogP contribution in [0, 0.1) is 0 Å². The number of para-hydroxylation sites is 1. The van der Waals surface area contributed by atoms with E-state index in [-0.39, 0.29) is 12.5 Å². The van der Waals surface area contributed by atoms with Gasteiger partial charge in [-0.1, -0.05) is 62.4 Å². The van der Waals surface area contributed by atoms with Crippen molar-refractivity contribution < 1.29 is 22.7 Å². The Labute approximate surface area is 231 Å². The molecule has 0 aromatic heterocycles. The Balaban J connectivity index is 1.83. The third-order valence-corrected chi connectivity index (χ3v) is 7.34. The molecule has 0 saturated heterocycles. The van der Waals surface area contributed by atoms with Gasteiger partial charge in [-0.05, 0) is 61.2 Å². The summed E-state index contributed by atoms with van der Waals surface area (Å²) in [4.78, 5) is 28.2. The molecule has 0 aliphatic rings. The van der Waals surface area contributed by atoms with Gasteiger partial charge in [-0.25, -0.2) is 8.42 Å². The largest absolute Gasteiger partial charge is 0.457 e. The van der Waals surface area contributed by atoms with E-state index in [1.807, 2.05) is 74.5 Å². The van der Waals surface area contributed by atoms with Crippen molar-refractivity contribution in [1.29, 1.82) is 0 Å². The Kier molecular flexibility index (Phi) is 10.9. The first-order valence-corrected chi connectivity index (χ1v) is 15.0. The maximum absolute atomic E-state index is 13.7. The van der Waals surface area contributed by atoms with E-state index in [1.54, 1.807) is 24.3 Å². The maximum atomic E-state index is 13.7. The summed E-state index contributed by atoms with van der Waals surface area (Å²) in [6.07, 6.45) is 2.77. The molecular formula is C30H37N3O5S. The fourth-order valence-corrected chi connectivity index (χ4v) is 5.03. The molecule has 9 heteroatoms. The van der Waals surface area contributed by atoms with Crippen molar-refractivity contribution in [1.82, 2.24) is 10.2 Å². The van der Waals surface area contributed by atoms with Gasteiger partial charge in [0.05, 0.1) is 11.9 Å². The van der Waals surface area contributed by atoms with E-state index in [4.69, 9.17) is 4.74 Å². The van der Waals surface area contributed by atoms with Crippen molar-refractivity contribution in [3.63, 3.8) is 0 Å². The number of ether oxygens (including phenoxy) is 1. The minimum absolute atomic E-state index is 0.242. The molecule has 0 saturated carbocycles. The normalized spacial score (nSPS) is 11.9. The van der Waals surface area contributed by atoms with Gasteiger partial charge >= 0.3 is 0 Å². The van der Waals surface area contributed by atoms with E-state index in [0.717, 1.165) is 22.5 Å². The van der Waals surface area contributed by atoms with Gasteiger partial charge in [-0.3, -0.25) is 13.9 Å². The lowest BCUT2D eigenvalue weighted by Gasteiger charge is -2.32. The summed E-state index contributed by atoms with van der Waals surface area (Å²) in [5, 5.41) is 2.88. The van der Waals surface area contributed by atoms with Gasteiger partial charge in [0.15, 0.2) is 0 Å². The highest BCUT2D eigenvalue weighted by atomic mass is 32.2. The number of sulfonamides is 1. The van der Waals surface area contributed by atoms with Crippen molar-refractivity contribution in [3.8, 4) is 11.5 Å². The van der Waals surface area contributed by atoms with Crippen LogP contribution in [-0.2, 0) is 26.0 Å². The van der Waals surface area contributed by atoms with Crippen LogP contribution >= 0.6 is 0 Å². The molecule has 1 atom stereocenters. The van der Waals surface area contributed by atoms with Crippen LogP contribution in [0.4, 0.5) is 5.69 Å². The van der Waals surface area contributed by atoms with Crippen LogP contribution in [0.3, 0.4) is 0 Å². The zero-order valence-corrected chi connectivity index (χ0v) is 23.6. The molecule has 0 heterocycles. The van der Waals surface area contributed by atoms with E-state index in [9.17, 15) is 18.0 Å². The van der Waals surface area contributed by atoms with E-state index in [2.05, 4.69) is 5.32 Å². The Morgan fingerprint density at radius 2 is 1.46 bits per heavy atom. The summed E-state index contributed by atoms with van der Waals surface area (Å²) < 4.78 is 32.5. The summed E-state index contributed by atoms with van der Waals surface area (Å²) in [5.74, 6) is 0.503. The lowest BCUT2D eigenvalue weighted by molar-refractivity contribution is -0.139. The number of anilines is 1. The van der Waals surface area contributed by atoms with E-state index >= 15 is 0 Å². The third-order valence-electron chi connectivity index (χ3n) is 6.20. The van der Waals surface area contributed by atoms with Crippen molar-refractivity contribution in [2.24, 2.45) is 0 Å². The zero-order chi connectivity index (χ0) is 28.3. The van der Waals surface area contributed by atoms with Gasteiger partial charge in [0.25, 0.3) is 0 Å². The third kappa shape index (κ3) is 8.85. The highest BCUT2D eigenvalue weighted by Crippen LogP contribution is 2.26. The maximum Gasteiger partial charge on any atom is 0.244 e. The van der Waals surface area contributed by atoms with Crippen LogP contribution in [0.15, 0.2) is 84.9 Å². The molecule has 208 valence electrons. The smallest absolute Gasteiger partial charge is 0.244 e. The van der Waals surface area contributed by atoms with E-state index in [1.165, 1.54) is 4.90 Å². The topological polar surface area (TPSA) is 96.0 Å². The van der Waals surface area contributed by atoms with Crippen LogP contribution in [0.25, 0.3) is 0 Å². The van der Waals surface area contributed by atoms with Crippen LogP contribution in [0.5, 0.6) is 11.5 Å². The van der Waals surface area contributed by atoms with Gasteiger partial charge in [-0.2, -0.15) is 0 Å². The van der Waals surface area contributed by atoms with Crippen LogP contribution in [0.2, 0.25) is 0 Å². The molecule has 0 radical (unpaired) electrons. The summed E-state index contributed by atoms with van der Waals surface area (Å²) in [6.45, 7) is 4.16. The first-order chi connectivity index (χ1) is 18.7. The quantitative estimate of drug-likeness (QED) is 0.315. The van der Waals surface area contributed by atoms with E-state index in [0.29, 0.717) is 36.6 Å². The summed E-state index contributed by atoms with van der Waals surface area (Å²) in [7, 11) is -3.81. The number of nitrogens with one attached hydrogen (secondary N) is 1. The molecule has 3 aromatic carbocycles. The fraction of sp³-hybridized carbons (Fsp3) is 0.333. The number of nitrogens with zero attached hydrogens (tertiary/aromatic N) is 2. The number of carbonyl (C=O) groups is 2. The second-order valence-corrected chi connectivity index (χ2v) is 11.1. The molecule has 1 N–H and O–H groups in total. The number of amides is 2. The first kappa shape index (κ1) is 29.7. The predicted molar refractivity (Wildman–Crippen MR) is 154 cm³/mol. The summed E-state index contributed by atoms with van der Waals surface area (Å²) in [6, 6.07) is 24.7. The van der Waals surface area contributed by atoms with Crippen molar-refractivity contribution in [3.05, 3.63) is 90.5 Å². The average molecular weight is 552 g/mol. The standard InChI is InChI=1S/C30H37N3O5S/c1-4-21-31-30(35)28(5-2)32(22-20-24-12-8-6-9-13-24)29(34)23-33(39(3,36)37)25-16-18-27(19-17-25)38-26-14-10-7-11-15-26/h6-19,28H,4-5,20-23H2,1-3H3,(H,31,35)/t28-/m0/s1. The van der Waals surface area contributed by atoms with Gasteiger partial charge in [-0.15, -0.1) is 0 Å². The highest BCUT2D eigenvalue weighted by Gasteiger charge is 2.31. The van der Waals surface area contributed by atoms with Gasteiger partial charge < -0.3 is 15.0 Å². The van der Waals surface area contributed by atoms with Crippen LogP contribution < -0.4 is 14.4 Å². The predicted octanol–water partition coefficient (Wildman–Crippen LogP) is 4.62. The molecular weight excluding hydrogens is 514 g/mol. The Hall–Kier alpha value is -3.85. The molecule has 0 unspecified atom stereocenters. The number of hydrogen-bond acceptors (Lipinski definition) is 5. The lowest BCUT2D eigenvalue weighted by atomic mass is 10.1. The second-order valence-electron chi connectivity index (χ2n) is 9.22. The molecule has 2 amide bonds. The SMILES string of the molecule is CCCNC(=O)[C@H](CC)N(CCc1ccccc1)C(=O)CN(c1ccc(Oc2ccccc2)cc1)S(C)(=O)=O. The monoisotopic (exact) mass is 551 g/mol. The van der Waals surface area contributed by atoms with Crippen molar-refractivity contribution in [2.45, 2.75) is 39.2 Å². The summed E-state index contributed by atoms with van der Waals surface area (Å²) >= 11 is 0. The molecule has 8 nitrogen and oxygen atoms in total. The van der Waals surface area contributed by atoms with Gasteiger partial charge in [0, 0.05) is 13.1 Å². The zero-order valence-electron chi connectivity index (χ0n) is 22.7. The van der Waals surface area contributed by atoms with E-state index < -0.39 is 28.5 Å². The molecule has 0 spiro atoms. The van der Waals surface area contributed by atoms with Gasteiger partial charge in [0.1, 0.15) is 24.1 Å². The molecule has 0 aliphatic heterocycles. The average Bonchev–Trinajstić information content (AvgIpc) is 2.93. The molecule has 0 aliphatic carbocycles. The number of rotatable bonds is 14.